The number of carbonyl (C=O) groups is 2. The highest BCUT2D eigenvalue weighted by atomic mass is 16.2. The van der Waals surface area contributed by atoms with Crippen molar-refractivity contribution < 1.29 is 9.59 Å². The van der Waals surface area contributed by atoms with Gasteiger partial charge in [-0.25, -0.2) is 0 Å². The molecule has 1 aromatic heterocycles. The van der Waals surface area contributed by atoms with Crippen LogP contribution in [0.1, 0.15) is 99.9 Å². The molecular formula is C28H40N4O2. The maximum Gasteiger partial charge on any atom is 0.273 e. The van der Waals surface area contributed by atoms with Gasteiger partial charge in [0.15, 0.2) is 0 Å². The number of rotatable bonds is 4. The van der Waals surface area contributed by atoms with Crippen LogP contribution in [0.4, 0.5) is 0 Å². The highest BCUT2D eigenvalue weighted by molar-refractivity contribution is 5.99. The highest BCUT2D eigenvalue weighted by Gasteiger charge is 2.48. The van der Waals surface area contributed by atoms with Crippen molar-refractivity contribution in [1.29, 1.82) is 0 Å². The average molecular weight is 465 g/mol. The van der Waals surface area contributed by atoms with Gasteiger partial charge in [-0.3, -0.25) is 14.3 Å². The summed E-state index contributed by atoms with van der Waals surface area (Å²) in [5, 5.41) is 8.11. The number of hydrogen-bond acceptors (Lipinski definition) is 3. The van der Waals surface area contributed by atoms with Crippen LogP contribution in [-0.2, 0) is 23.3 Å². The monoisotopic (exact) mass is 464 g/mol. The normalized spacial score (nSPS) is 22.1. The highest BCUT2D eigenvalue weighted by Crippen LogP contribution is 2.32. The lowest BCUT2D eigenvalue weighted by Crippen LogP contribution is -2.64. The average Bonchev–Trinajstić information content (AvgIpc) is 3.18. The molecule has 1 N–H and O–H groups in total. The largest absolute Gasteiger partial charge is 0.351 e. The van der Waals surface area contributed by atoms with Crippen LogP contribution in [0.15, 0.2) is 30.3 Å². The van der Waals surface area contributed by atoms with Gasteiger partial charge in [0, 0.05) is 18.0 Å². The zero-order chi connectivity index (χ0) is 24.5. The van der Waals surface area contributed by atoms with Crippen molar-refractivity contribution in [3.05, 3.63) is 52.8 Å². The Morgan fingerprint density at radius 2 is 1.76 bits per heavy atom. The topological polar surface area (TPSA) is 67.2 Å². The molecule has 6 heteroatoms. The van der Waals surface area contributed by atoms with Crippen molar-refractivity contribution in [2.75, 3.05) is 0 Å². The Bertz CT molecular complexity index is 1040. The maximum atomic E-state index is 13.9. The summed E-state index contributed by atoms with van der Waals surface area (Å²) < 4.78 is 1.76. The first-order chi connectivity index (χ1) is 16.1. The molecule has 1 saturated carbocycles. The molecule has 1 fully saturated rings. The Hall–Kier alpha value is -2.63. The minimum absolute atomic E-state index is 0.0709. The number of amides is 2. The van der Waals surface area contributed by atoms with Gasteiger partial charge in [-0.05, 0) is 43.9 Å². The Morgan fingerprint density at radius 1 is 1.12 bits per heavy atom. The molecule has 1 atom stereocenters. The molecule has 4 rings (SSSR count). The van der Waals surface area contributed by atoms with E-state index in [1.807, 2.05) is 31.2 Å². The van der Waals surface area contributed by atoms with Crippen molar-refractivity contribution in [3.63, 3.8) is 0 Å². The summed E-state index contributed by atoms with van der Waals surface area (Å²) in [5.41, 5.74) is 2.42. The summed E-state index contributed by atoms with van der Waals surface area (Å²) in [7, 11) is 0. The fourth-order valence-electron chi connectivity index (χ4n) is 5.16. The Morgan fingerprint density at radius 3 is 2.41 bits per heavy atom. The zero-order valence-corrected chi connectivity index (χ0v) is 21.5. The van der Waals surface area contributed by atoms with Gasteiger partial charge >= 0.3 is 0 Å². The van der Waals surface area contributed by atoms with Crippen LogP contribution in [0.3, 0.4) is 0 Å². The Labute approximate surface area is 204 Å². The minimum Gasteiger partial charge on any atom is -0.351 e. The number of aromatic nitrogens is 2. The second-order valence-corrected chi connectivity index (χ2v) is 11.4. The molecule has 2 aliphatic rings. The molecule has 2 aromatic rings. The molecule has 184 valence electrons. The van der Waals surface area contributed by atoms with E-state index in [9.17, 15) is 9.59 Å². The third kappa shape index (κ3) is 4.91. The van der Waals surface area contributed by atoms with Crippen molar-refractivity contribution in [2.24, 2.45) is 0 Å². The van der Waals surface area contributed by atoms with Gasteiger partial charge in [0.1, 0.15) is 11.2 Å². The van der Waals surface area contributed by atoms with E-state index in [1.165, 1.54) is 19.3 Å². The fourth-order valence-corrected chi connectivity index (χ4v) is 5.16. The molecular weight excluding hydrogens is 424 g/mol. The Kier molecular flexibility index (Phi) is 6.88. The van der Waals surface area contributed by atoms with Crippen molar-refractivity contribution in [3.8, 4) is 0 Å². The molecule has 2 heterocycles. The van der Waals surface area contributed by atoms with Crippen LogP contribution >= 0.6 is 0 Å². The molecule has 0 bridgehead atoms. The molecule has 1 aliphatic carbocycles. The maximum absolute atomic E-state index is 13.9. The van der Waals surface area contributed by atoms with Gasteiger partial charge < -0.3 is 10.2 Å². The van der Waals surface area contributed by atoms with Crippen LogP contribution < -0.4 is 5.32 Å². The zero-order valence-electron chi connectivity index (χ0n) is 21.5. The summed E-state index contributed by atoms with van der Waals surface area (Å²) in [4.78, 5) is 29.5. The van der Waals surface area contributed by atoms with Crippen molar-refractivity contribution in [2.45, 2.75) is 110 Å². The van der Waals surface area contributed by atoms with E-state index in [-0.39, 0.29) is 23.3 Å². The quantitative estimate of drug-likeness (QED) is 0.682. The number of aryl methyl sites for hydroxylation is 1. The van der Waals surface area contributed by atoms with Crippen molar-refractivity contribution in [1.82, 2.24) is 20.0 Å². The number of nitrogens with one attached hydrogen (secondary N) is 1. The van der Waals surface area contributed by atoms with Crippen LogP contribution in [0.2, 0.25) is 0 Å². The lowest BCUT2D eigenvalue weighted by Gasteiger charge is -2.44. The third-order valence-electron chi connectivity index (χ3n) is 7.59. The lowest BCUT2D eigenvalue weighted by molar-refractivity contribution is -0.134. The lowest BCUT2D eigenvalue weighted by atomic mass is 9.90. The molecule has 0 spiro atoms. The molecule has 34 heavy (non-hydrogen) atoms. The van der Waals surface area contributed by atoms with Gasteiger partial charge in [0.05, 0.1) is 12.2 Å². The molecule has 2 amide bonds. The van der Waals surface area contributed by atoms with Crippen LogP contribution in [0.25, 0.3) is 0 Å². The van der Waals surface area contributed by atoms with Gasteiger partial charge in [0.2, 0.25) is 5.91 Å². The summed E-state index contributed by atoms with van der Waals surface area (Å²) in [5.74, 6) is -0.203. The predicted molar refractivity (Wildman–Crippen MR) is 135 cm³/mol. The smallest absolute Gasteiger partial charge is 0.273 e. The summed E-state index contributed by atoms with van der Waals surface area (Å²) >= 11 is 0. The molecule has 1 aromatic carbocycles. The predicted octanol–water partition coefficient (Wildman–Crippen LogP) is 5.13. The molecule has 0 saturated heterocycles. The fraction of sp³-hybridized carbons (Fsp3) is 0.607. The third-order valence-corrected chi connectivity index (χ3v) is 7.59. The second kappa shape index (κ2) is 9.55. The van der Waals surface area contributed by atoms with E-state index < -0.39 is 5.54 Å². The molecule has 1 aliphatic heterocycles. The first-order valence-corrected chi connectivity index (χ1v) is 12.9. The standard InChI is InChI=1S/C28H40N4O2/c1-20-13-11-12-14-21(20)18-31-25(33)23-17-24(27(2,3)4)30-32(23)19-28(31,5)26(34)29-22-15-9-7-6-8-10-16-22/h11-14,17,22H,6-10,15-16,18-19H2,1-5H3,(H,29,34). The van der Waals surface area contributed by atoms with E-state index in [4.69, 9.17) is 5.10 Å². The number of fused-ring (bicyclic) bond motifs is 1. The van der Waals surface area contributed by atoms with E-state index in [0.717, 1.165) is 42.5 Å². The minimum atomic E-state index is -1.02. The second-order valence-electron chi connectivity index (χ2n) is 11.4. The van der Waals surface area contributed by atoms with E-state index in [0.29, 0.717) is 18.8 Å². The molecule has 0 radical (unpaired) electrons. The van der Waals surface area contributed by atoms with Gasteiger partial charge in [-0.1, -0.05) is 77.1 Å². The van der Waals surface area contributed by atoms with Gasteiger partial charge in [-0.2, -0.15) is 5.10 Å². The summed E-state index contributed by atoms with van der Waals surface area (Å²) in [6.45, 7) is 11.0. The van der Waals surface area contributed by atoms with Crippen LogP contribution in [0, 0.1) is 6.92 Å². The first kappa shape index (κ1) is 24.5. The number of nitrogens with zero attached hydrogens (tertiary/aromatic N) is 3. The van der Waals surface area contributed by atoms with Crippen molar-refractivity contribution >= 4 is 11.8 Å². The van der Waals surface area contributed by atoms with E-state index in [1.54, 1.807) is 9.58 Å². The van der Waals surface area contributed by atoms with E-state index in [2.05, 4.69) is 39.1 Å². The van der Waals surface area contributed by atoms with E-state index >= 15 is 0 Å². The molecule has 1 unspecified atom stereocenters. The summed E-state index contributed by atoms with van der Waals surface area (Å²) in [6.07, 6.45) is 8.05. The number of carbonyl (C=O) groups excluding carboxylic acids is 2. The Balaban J connectivity index is 1.69. The number of hydrogen-bond donors (Lipinski definition) is 1. The SMILES string of the molecule is Cc1ccccc1CN1C(=O)c2cc(C(C)(C)C)nn2CC1(C)C(=O)NC1CCCCCCC1. The van der Waals surface area contributed by atoms with Crippen LogP contribution in [-0.4, -0.2) is 38.1 Å². The summed E-state index contributed by atoms with van der Waals surface area (Å²) in [6, 6.07) is 10.2. The van der Waals surface area contributed by atoms with Crippen LogP contribution in [0.5, 0.6) is 0 Å². The molecule has 6 nitrogen and oxygen atoms in total. The first-order valence-electron chi connectivity index (χ1n) is 12.9. The van der Waals surface area contributed by atoms with Gasteiger partial charge in [-0.15, -0.1) is 0 Å². The van der Waals surface area contributed by atoms with Gasteiger partial charge in [0.25, 0.3) is 5.91 Å². The number of benzene rings is 1.